The molecular formula is C16H23NO2S. The van der Waals surface area contributed by atoms with Gasteiger partial charge in [-0.05, 0) is 24.3 Å². The fourth-order valence-electron chi connectivity index (χ4n) is 2.78. The number of hydrogen-bond acceptors (Lipinski definition) is 3. The van der Waals surface area contributed by atoms with Crippen LogP contribution in [-0.4, -0.2) is 28.1 Å². The van der Waals surface area contributed by atoms with Crippen molar-refractivity contribution >= 4 is 17.2 Å². The molecule has 3 nitrogen and oxygen atoms in total. The maximum Gasteiger partial charge on any atom is 0.226 e. The van der Waals surface area contributed by atoms with Crippen LogP contribution in [-0.2, 0) is 11.3 Å². The van der Waals surface area contributed by atoms with Gasteiger partial charge in [0.05, 0.1) is 18.6 Å². The first kappa shape index (κ1) is 15.3. The van der Waals surface area contributed by atoms with E-state index < -0.39 is 5.60 Å². The number of thiophene rings is 1. The highest BCUT2D eigenvalue weighted by molar-refractivity contribution is 7.09. The lowest BCUT2D eigenvalue weighted by molar-refractivity contribution is -0.137. The van der Waals surface area contributed by atoms with Crippen LogP contribution in [0.2, 0.25) is 0 Å². The van der Waals surface area contributed by atoms with Crippen LogP contribution in [0.15, 0.2) is 30.2 Å². The van der Waals surface area contributed by atoms with E-state index in [4.69, 9.17) is 0 Å². The predicted octanol–water partition coefficient (Wildman–Crippen LogP) is 3.35. The van der Waals surface area contributed by atoms with Gasteiger partial charge in [-0.2, -0.15) is 0 Å². The molecule has 1 aliphatic rings. The average Bonchev–Trinajstić information content (AvgIpc) is 2.91. The van der Waals surface area contributed by atoms with Gasteiger partial charge in [0.25, 0.3) is 0 Å². The van der Waals surface area contributed by atoms with Crippen molar-refractivity contribution in [3.8, 4) is 0 Å². The molecule has 110 valence electrons. The Hall–Kier alpha value is -1.13. The monoisotopic (exact) mass is 293 g/mol. The van der Waals surface area contributed by atoms with Crippen molar-refractivity contribution < 1.29 is 9.90 Å². The van der Waals surface area contributed by atoms with Gasteiger partial charge in [-0.15, -0.1) is 17.9 Å². The first-order valence-corrected chi connectivity index (χ1v) is 8.14. The zero-order valence-corrected chi connectivity index (χ0v) is 12.7. The first-order valence-electron chi connectivity index (χ1n) is 7.26. The molecule has 0 radical (unpaired) electrons. The molecule has 0 aromatic carbocycles. The van der Waals surface area contributed by atoms with Gasteiger partial charge in [0.2, 0.25) is 5.91 Å². The van der Waals surface area contributed by atoms with E-state index in [1.807, 2.05) is 17.5 Å². The van der Waals surface area contributed by atoms with E-state index in [0.29, 0.717) is 13.1 Å². The van der Waals surface area contributed by atoms with Crippen LogP contribution < -0.4 is 0 Å². The predicted molar refractivity (Wildman–Crippen MR) is 82.6 cm³/mol. The lowest BCUT2D eigenvalue weighted by atomic mass is 9.82. The number of hydrogen-bond donors (Lipinski definition) is 1. The topological polar surface area (TPSA) is 40.5 Å². The fraction of sp³-hybridized carbons (Fsp3) is 0.562. The van der Waals surface area contributed by atoms with Gasteiger partial charge >= 0.3 is 0 Å². The molecule has 0 unspecified atom stereocenters. The first-order chi connectivity index (χ1) is 9.63. The van der Waals surface area contributed by atoms with Crippen molar-refractivity contribution in [1.82, 2.24) is 4.90 Å². The summed E-state index contributed by atoms with van der Waals surface area (Å²) in [5.74, 6) is 0.0303. The Labute approximate surface area is 124 Å². The van der Waals surface area contributed by atoms with Crippen LogP contribution >= 0.6 is 11.3 Å². The normalized spacial score (nSPS) is 17.6. The summed E-state index contributed by atoms with van der Waals surface area (Å²) in [6.45, 7) is 4.87. The minimum Gasteiger partial charge on any atom is -0.389 e. The van der Waals surface area contributed by atoms with Crippen molar-refractivity contribution in [1.29, 1.82) is 0 Å². The standard InChI is InChI=1S/C16H23NO2S/c1-2-10-17(13-14-7-6-11-20-14)15(18)12-16(19)8-4-3-5-9-16/h2,6-7,11,19H,1,3-5,8-10,12-13H2. The summed E-state index contributed by atoms with van der Waals surface area (Å²) in [5, 5.41) is 12.5. The van der Waals surface area contributed by atoms with E-state index >= 15 is 0 Å². The highest BCUT2D eigenvalue weighted by Crippen LogP contribution is 2.31. The van der Waals surface area contributed by atoms with Crippen molar-refractivity contribution in [3.63, 3.8) is 0 Å². The molecule has 1 heterocycles. The second-order valence-electron chi connectivity index (χ2n) is 5.60. The summed E-state index contributed by atoms with van der Waals surface area (Å²) in [6, 6.07) is 4.02. The number of aliphatic hydroxyl groups is 1. The lowest BCUT2D eigenvalue weighted by Crippen LogP contribution is -2.40. The molecule has 0 aliphatic heterocycles. The largest absolute Gasteiger partial charge is 0.389 e. The van der Waals surface area contributed by atoms with Crippen molar-refractivity contribution in [3.05, 3.63) is 35.0 Å². The van der Waals surface area contributed by atoms with Crippen LogP contribution in [0.1, 0.15) is 43.4 Å². The number of nitrogens with zero attached hydrogens (tertiary/aromatic N) is 1. The molecule has 0 bridgehead atoms. The second kappa shape index (κ2) is 7.04. The zero-order valence-electron chi connectivity index (χ0n) is 11.9. The Bertz CT molecular complexity index is 435. The third kappa shape index (κ3) is 4.18. The van der Waals surface area contributed by atoms with Crippen LogP contribution in [0.3, 0.4) is 0 Å². The molecule has 1 aromatic heterocycles. The molecule has 1 aliphatic carbocycles. The minimum atomic E-state index is -0.787. The summed E-state index contributed by atoms with van der Waals surface area (Å²) < 4.78 is 0. The Kier molecular flexibility index (Phi) is 5.38. The van der Waals surface area contributed by atoms with E-state index in [2.05, 4.69) is 6.58 Å². The average molecular weight is 293 g/mol. The van der Waals surface area contributed by atoms with Crippen LogP contribution in [0.4, 0.5) is 0 Å². The Morgan fingerprint density at radius 3 is 2.80 bits per heavy atom. The van der Waals surface area contributed by atoms with Crippen LogP contribution in [0.25, 0.3) is 0 Å². The fourth-order valence-corrected chi connectivity index (χ4v) is 3.50. The minimum absolute atomic E-state index is 0.0303. The Balaban J connectivity index is 1.97. The summed E-state index contributed by atoms with van der Waals surface area (Å²) in [4.78, 5) is 15.4. The number of amides is 1. The van der Waals surface area contributed by atoms with Gasteiger partial charge in [-0.25, -0.2) is 0 Å². The van der Waals surface area contributed by atoms with E-state index in [1.165, 1.54) is 6.42 Å². The summed E-state index contributed by atoms with van der Waals surface area (Å²) >= 11 is 1.65. The SMILES string of the molecule is C=CCN(Cc1cccs1)C(=O)CC1(O)CCCCC1. The number of carbonyl (C=O) groups is 1. The van der Waals surface area contributed by atoms with Crippen molar-refractivity contribution in [2.24, 2.45) is 0 Å². The molecule has 20 heavy (non-hydrogen) atoms. The molecule has 1 fully saturated rings. The molecular weight excluding hydrogens is 270 g/mol. The Morgan fingerprint density at radius 1 is 1.45 bits per heavy atom. The van der Waals surface area contributed by atoms with Crippen molar-refractivity contribution in [2.45, 2.75) is 50.7 Å². The van der Waals surface area contributed by atoms with Gasteiger partial charge in [0.15, 0.2) is 0 Å². The molecule has 0 atom stereocenters. The maximum atomic E-state index is 12.5. The van der Waals surface area contributed by atoms with Gasteiger partial charge in [0.1, 0.15) is 0 Å². The van der Waals surface area contributed by atoms with Gasteiger partial charge in [-0.1, -0.05) is 31.4 Å². The molecule has 1 N–H and O–H groups in total. The Morgan fingerprint density at radius 2 is 2.20 bits per heavy atom. The molecule has 0 spiro atoms. The smallest absolute Gasteiger partial charge is 0.226 e. The molecule has 0 saturated heterocycles. The molecule has 2 rings (SSSR count). The maximum absolute atomic E-state index is 12.5. The number of carbonyl (C=O) groups excluding carboxylic acids is 1. The third-order valence-corrected chi connectivity index (χ3v) is 4.75. The van der Waals surface area contributed by atoms with E-state index in [0.717, 1.165) is 30.6 Å². The van der Waals surface area contributed by atoms with Gasteiger partial charge in [0, 0.05) is 11.4 Å². The second-order valence-corrected chi connectivity index (χ2v) is 6.64. The number of rotatable bonds is 6. The third-order valence-electron chi connectivity index (χ3n) is 3.89. The highest BCUT2D eigenvalue weighted by atomic mass is 32.1. The summed E-state index contributed by atoms with van der Waals surface area (Å²) in [6.07, 6.45) is 6.70. The van der Waals surface area contributed by atoms with E-state index in [-0.39, 0.29) is 12.3 Å². The summed E-state index contributed by atoms with van der Waals surface area (Å²) in [7, 11) is 0. The lowest BCUT2D eigenvalue weighted by Gasteiger charge is -2.33. The van der Waals surface area contributed by atoms with Crippen LogP contribution in [0.5, 0.6) is 0 Å². The molecule has 1 amide bonds. The summed E-state index contributed by atoms with van der Waals surface area (Å²) in [5.41, 5.74) is -0.787. The van der Waals surface area contributed by atoms with E-state index in [1.54, 1.807) is 22.3 Å². The van der Waals surface area contributed by atoms with E-state index in [9.17, 15) is 9.90 Å². The van der Waals surface area contributed by atoms with Crippen LogP contribution in [0, 0.1) is 0 Å². The molecule has 1 saturated carbocycles. The van der Waals surface area contributed by atoms with Crippen molar-refractivity contribution in [2.75, 3.05) is 6.54 Å². The molecule has 1 aromatic rings. The highest BCUT2D eigenvalue weighted by Gasteiger charge is 2.33. The van der Waals surface area contributed by atoms with Gasteiger partial charge < -0.3 is 10.0 Å². The quantitative estimate of drug-likeness (QED) is 0.817. The van der Waals surface area contributed by atoms with Gasteiger partial charge in [-0.3, -0.25) is 4.79 Å². The molecule has 4 heteroatoms. The zero-order chi connectivity index (χ0) is 14.4.